The van der Waals surface area contributed by atoms with Crippen molar-refractivity contribution >= 4 is 11.7 Å². The number of aromatic nitrogens is 2. The Morgan fingerprint density at radius 3 is 2.46 bits per heavy atom. The molecule has 1 aromatic carbocycles. The molecule has 3 aromatic rings. The summed E-state index contributed by atoms with van der Waals surface area (Å²) in [6.45, 7) is 4.01. The van der Waals surface area contributed by atoms with E-state index in [1.54, 1.807) is 6.20 Å². The van der Waals surface area contributed by atoms with E-state index in [9.17, 15) is 4.79 Å². The molecule has 0 aliphatic rings. The predicted molar refractivity (Wildman–Crippen MR) is 96.0 cm³/mol. The molecule has 0 aliphatic carbocycles. The second-order valence-corrected chi connectivity index (χ2v) is 5.92. The Morgan fingerprint density at radius 2 is 1.75 bits per heavy atom. The van der Waals surface area contributed by atoms with E-state index < -0.39 is 0 Å². The molecule has 0 unspecified atom stereocenters. The van der Waals surface area contributed by atoms with E-state index >= 15 is 0 Å². The summed E-state index contributed by atoms with van der Waals surface area (Å²) in [7, 11) is 0. The van der Waals surface area contributed by atoms with Gasteiger partial charge in [-0.05, 0) is 48.7 Å². The molecule has 0 fully saturated rings. The first-order valence-corrected chi connectivity index (χ1v) is 8.04. The number of nitrogens with one attached hydrogen (secondary N) is 1. The second-order valence-electron chi connectivity index (χ2n) is 5.92. The number of hydrogen-bond acceptors (Lipinski definition) is 2. The van der Waals surface area contributed by atoms with Gasteiger partial charge in [-0.1, -0.05) is 30.3 Å². The van der Waals surface area contributed by atoms with Crippen LogP contribution in [0.2, 0.25) is 0 Å². The molecule has 1 atom stereocenters. The van der Waals surface area contributed by atoms with Crippen molar-refractivity contribution in [1.29, 1.82) is 0 Å². The minimum Gasteiger partial charge on any atom is -0.346 e. The maximum atomic E-state index is 12.6. The van der Waals surface area contributed by atoms with Crippen LogP contribution in [0.4, 0.5) is 5.82 Å². The van der Waals surface area contributed by atoms with Crippen LogP contribution in [0.5, 0.6) is 0 Å². The molecule has 0 saturated carbocycles. The Balaban J connectivity index is 1.84. The van der Waals surface area contributed by atoms with Crippen LogP contribution >= 0.6 is 0 Å². The third-order valence-electron chi connectivity index (χ3n) is 4.18. The van der Waals surface area contributed by atoms with Crippen LogP contribution in [-0.2, 0) is 4.79 Å². The first kappa shape index (κ1) is 16.0. The van der Waals surface area contributed by atoms with Gasteiger partial charge in [-0.15, -0.1) is 0 Å². The van der Waals surface area contributed by atoms with Gasteiger partial charge in [0.2, 0.25) is 5.91 Å². The Kier molecular flexibility index (Phi) is 4.75. The van der Waals surface area contributed by atoms with Crippen LogP contribution in [0.15, 0.2) is 67.1 Å². The summed E-state index contributed by atoms with van der Waals surface area (Å²) >= 11 is 0. The lowest BCUT2D eigenvalue weighted by atomic mass is 9.98. The highest BCUT2D eigenvalue weighted by Crippen LogP contribution is 2.26. The SMILES string of the molecule is Cc1ccccc1[C@@H](CC(=O)Nc1ncccc1C)n1cccc1. The first-order chi connectivity index (χ1) is 11.6. The van der Waals surface area contributed by atoms with E-state index in [0.29, 0.717) is 12.2 Å². The quantitative estimate of drug-likeness (QED) is 0.769. The fourth-order valence-corrected chi connectivity index (χ4v) is 2.87. The zero-order valence-corrected chi connectivity index (χ0v) is 13.9. The van der Waals surface area contributed by atoms with Gasteiger partial charge < -0.3 is 9.88 Å². The minimum atomic E-state index is -0.0428. The molecule has 2 aromatic heterocycles. The molecule has 0 radical (unpaired) electrons. The molecular formula is C20H21N3O. The van der Waals surface area contributed by atoms with Crippen molar-refractivity contribution in [2.24, 2.45) is 0 Å². The standard InChI is InChI=1S/C20H21N3O/c1-15-8-3-4-10-17(15)18(23-12-5-6-13-23)14-19(24)22-20-16(2)9-7-11-21-20/h3-13,18H,14H2,1-2H3,(H,21,22,24)/t18-/m1/s1. The highest BCUT2D eigenvalue weighted by Gasteiger charge is 2.19. The van der Waals surface area contributed by atoms with Crippen LogP contribution in [0, 0.1) is 13.8 Å². The second kappa shape index (κ2) is 7.13. The number of rotatable bonds is 5. The molecule has 1 amide bonds. The predicted octanol–water partition coefficient (Wildman–Crippen LogP) is 4.12. The number of aryl methyl sites for hydroxylation is 2. The minimum absolute atomic E-state index is 0.0368. The summed E-state index contributed by atoms with van der Waals surface area (Å²) < 4.78 is 2.08. The van der Waals surface area contributed by atoms with E-state index in [-0.39, 0.29) is 11.9 Å². The Morgan fingerprint density at radius 1 is 1.04 bits per heavy atom. The molecule has 4 nitrogen and oxygen atoms in total. The van der Waals surface area contributed by atoms with Crippen molar-refractivity contribution in [2.75, 3.05) is 5.32 Å². The van der Waals surface area contributed by atoms with E-state index in [4.69, 9.17) is 0 Å². The lowest BCUT2D eigenvalue weighted by molar-refractivity contribution is -0.116. The lowest BCUT2D eigenvalue weighted by Crippen LogP contribution is -2.21. The first-order valence-electron chi connectivity index (χ1n) is 8.04. The molecule has 1 N–H and O–H groups in total. The summed E-state index contributed by atoms with van der Waals surface area (Å²) in [5, 5.41) is 2.93. The number of anilines is 1. The zero-order chi connectivity index (χ0) is 16.9. The topological polar surface area (TPSA) is 46.9 Å². The van der Waals surface area contributed by atoms with Gasteiger partial charge in [0.05, 0.1) is 12.5 Å². The Hall–Kier alpha value is -2.88. The lowest BCUT2D eigenvalue weighted by Gasteiger charge is -2.21. The average Bonchev–Trinajstić information content (AvgIpc) is 3.10. The fourth-order valence-electron chi connectivity index (χ4n) is 2.87. The Labute approximate surface area is 142 Å². The van der Waals surface area contributed by atoms with Gasteiger partial charge in [0.1, 0.15) is 5.82 Å². The summed E-state index contributed by atoms with van der Waals surface area (Å²) in [6.07, 6.45) is 6.04. The number of amides is 1. The fraction of sp³-hybridized carbons (Fsp3) is 0.200. The van der Waals surface area contributed by atoms with Gasteiger partial charge >= 0.3 is 0 Å². The molecule has 2 heterocycles. The maximum absolute atomic E-state index is 12.6. The van der Waals surface area contributed by atoms with Crippen molar-refractivity contribution in [3.8, 4) is 0 Å². The highest BCUT2D eigenvalue weighted by atomic mass is 16.1. The summed E-state index contributed by atoms with van der Waals surface area (Å²) in [5.41, 5.74) is 3.29. The average molecular weight is 319 g/mol. The molecule has 0 saturated heterocycles. The highest BCUT2D eigenvalue weighted by molar-refractivity contribution is 5.91. The number of nitrogens with zero attached hydrogens (tertiary/aromatic N) is 2. The Bertz CT molecular complexity index is 824. The van der Waals surface area contributed by atoms with E-state index in [1.165, 1.54) is 5.56 Å². The van der Waals surface area contributed by atoms with Crippen molar-refractivity contribution in [2.45, 2.75) is 26.3 Å². The van der Waals surface area contributed by atoms with Gasteiger partial charge in [0.15, 0.2) is 0 Å². The van der Waals surface area contributed by atoms with Gasteiger partial charge in [-0.2, -0.15) is 0 Å². The third kappa shape index (κ3) is 3.54. The van der Waals surface area contributed by atoms with Crippen molar-refractivity contribution in [3.05, 3.63) is 83.8 Å². The third-order valence-corrected chi connectivity index (χ3v) is 4.18. The van der Waals surface area contributed by atoms with Crippen LogP contribution in [0.25, 0.3) is 0 Å². The van der Waals surface area contributed by atoms with Gasteiger partial charge in [0, 0.05) is 18.6 Å². The number of pyridine rings is 1. The molecule has 0 aliphatic heterocycles. The number of carbonyl (C=O) groups is 1. The van der Waals surface area contributed by atoms with Crippen LogP contribution < -0.4 is 5.32 Å². The van der Waals surface area contributed by atoms with Crippen LogP contribution in [-0.4, -0.2) is 15.5 Å². The molecule has 4 heteroatoms. The summed E-state index contributed by atoms with van der Waals surface area (Å²) in [5.74, 6) is 0.581. The number of hydrogen-bond donors (Lipinski definition) is 1. The largest absolute Gasteiger partial charge is 0.346 e. The molecule has 122 valence electrons. The molecular weight excluding hydrogens is 298 g/mol. The zero-order valence-electron chi connectivity index (χ0n) is 13.9. The monoisotopic (exact) mass is 319 g/mol. The van der Waals surface area contributed by atoms with Gasteiger partial charge in [-0.25, -0.2) is 4.98 Å². The van der Waals surface area contributed by atoms with E-state index in [1.807, 2.05) is 55.7 Å². The maximum Gasteiger partial charge on any atom is 0.227 e. The number of carbonyl (C=O) groups excluding carboxylic acids is 1. The van der Waals surface area contributed by atoms with Crippen LogP contribution in [0.1, 0.15) is 29.2 Å². The molecule has 0 bridgehead atoms. The molecule has 3 rings (SSSR count). The summed E-state index contributed by atoms with van der Waals surface area (Å²) in [6, 6.07) is 15.9. The normalized spacial score (nSPS) is 11.9. The summed E-state index contributed by atoms with van der Waals surface area (Å²) in [4.78, 5) is 16.8. The smallest absolute Gasteiger partial charge is 0.227 e. The van der Waals surface area contributed by atoms with E-state index in [2.05, 4.69) is 33.9 Å². The molecule has 0 spiro atoms. The van der Waals surface area contributed by atoms with Crippen molar-refractivity contribution in [3.63, 3.8) is 0 Å². The van der Waals surface area contributed by atoms with Gasteiger partial charge in [-0.3, -0.25) is 4.79 Å². The van der Waals surface area contributed by atoms with Gasteiger partial charge in [0.25, 0.3) is 0 Å². The van der Waals surface area contributed by atoms with Crippen molar-refractivity contribution < 1.29 is 4.79 Å². The van der Waals surface area contributed by atoms with Crippen molar-refractivity contribution in [1.82, 2.24) is 9.55 Å². The number of benzene rings is 1. The van der Waals surface area contributed by atoms with Crippen LogP contribution in [0.3, 0.4) is 0 Å². The molecule has 24 heavy (non-hydrogen) atoms. The van der Waals surface area contributed by atoms with E-state index in [0.717, 1.165) is 11.1 Å².